The van der Waals surface area contributed by atoms with Crippen molar-refractivity contribution < 1.29 is 9.53 Å². The van der Waals surface area contributed by atoms with Gasteiger partial charge in [-0.05, 0) is 36.4 Å². The Hall–Kier alpha value is -2.38. The summed E-state index contributed by atoms with van der Waals surface area (Å²) < 4.78 is 5.84. The number of rotatable bonds is 7. The first-order valence-corrected chi connectivity index (χ1v) is 11.9. The lowest BCUT2D eigenvalue weighted by atomic mass is 10.2. The maximum Gasteiger partial charge on any atom is 0.273 e. The molecule has 5 nitrogen and oxygen atoms in total. The summed E-state index contributed by atoms with van der Waals surface area (Å²) in [5, 5.41) is 3.82. The van der Waals surface area contributed by atoms with Crippen LogP contribution in [0.2, 0.25) is 10.0 Å². The van der Waals surface area contributed by atoms with Crippen LogP contribution in [0.15, 0.2) is 60.5 Å². The molecule has 32 heavy (non-hydrogen) atoms. The first kappa shape index (κ1) is 22.8. The van der Waals surface area contributed by atoms with E-state index in [2.05, 4.69) is 16.5 Å². The van der Waals surface area contributed by atoms with Crippen molar-refractivity contribution in [3.8, 4) is 16.3 Å². The second-order valence-corrected chi connectivity index (χ2v) is 9.17. The Morgan fingerprint density at radius 3 is 2.56 bits per heavy atom. The molecule has 0 spiro atoms. The van der Waals surface area contributed by atoms with Gasteiger partial charge in [-0.3, -0.25) is 9.69 Å². The highest BCUT2D eigenvalue weighted by molar-refractivity contribution is 7.13. The van der Waals surface area contributed by atoms with Gasteiger partial charge in [0, 0.05) is 59.3 Å². The van der Waals surface area contributed by atoms with Crippen LogP contribution >= 0.6 is 34.5 Å². The average Bonchev–Trinajstić information content (AvgIpc) is 3.29. The highest BCUT2D eigenvalue weighted by Gasteiger charge is 2.23. The summed E-state index contributed by atoms with van der Waals surface area (Å²) in [6, 6.07) is 13.0. The normalized spacial score (nSPS) is 14.4. The van der Waals surface area contributed by atoms with Gasteiger partial charge in [0.1, 0.15) is 23.1 Å². The Labute approximate surface area is 201 Å². The Bertz CT molecular complexity index is 1090. The van der Waals surface area contributed by atoms with Crippen LogP contribution in [0.5, 0.6) is 5.75 Å². The molecule has 0 atom stereocenters. The zero-order valence-electron chi connectivity index (χ0n) is 17.5. The zero-order valence-corrected chi connectivity index (χ0v) is 19.8. The summed E-state index contributed by atoms with van der Waals surface area (Å²) >= 11 is 13.6. The number of aromatic nitrogens is 1. The number of ether oxygens (including phenoxy) is 1. The molecular weight excluding hydrogens is 465 g/mol. The molecule has 1 fully saturated rings. The quantitative estimate of drug-likeness (QED) is 0.404. The van der Waals surface area contributed by atoms with Crippen molar-refractivity contribution in [2.24, 2.45) is 0 Å². The van der Waals surface area contributed by atoms with Crippen molar-refractivity contribution in [3.05, 3.63) is 81.8 Å². The lowest BCUT2D eigenvalue weighted by molar-refractivity contribution is 0.0645. The van der Waals surface area contributed by atoms with Crippen molar-refractivity contribution in [3.63, 3.8) is 0 Å². The van der Waals surface area contributed by atoms with Gasteiger partial charge >= 0.3 is 0 Å². The average molecular weight is 488 g/mol. The minimum Gasteiger partial charge on any atom is -0.489 e. The van der Waals surface area contributed by atoms with E-state index in [1.807, 2.05) is 46.7 Å². The van der Waals surface area contributed by atoms with E-state index in [4.69, 9.17) is 27.9 Å². The molecular formula is C24H23Cl2N3O2S. The van der Waals surface area contributed by atoms with Gasteiger partial charge in [0.15, 0.2) is 0 Å². The number of amides is 1. The van der Waals surface area contributed by atoms with Crippen LogP contribution in [-0.2, 0) is 6.61 Å². The number of piperazine rings is 1. The molecule has 4 rings (SSSR count). The molecule has 1 aliphatic rings. The molecule has 1 amide bonds. The van der Waals surface area contributed by atoms with Gasteiger partial charge in [-0.2, -0.15) is 0 Å². The summed E-state index contributed by atoms with van der Waals surface area (Å²) in [5.41, 5.74) is 2.31. The molecule has 1 aliphatic heterocycles. The number of halogens is 2. The Kier molecular flexibility index (Phi) is 7.48. The molecule has 2 heterocycles. The molecule has 2 aromatic carbocycles. The van der Waals surface area contributed by atoms with E-state index >= 15 is 0 Å². The monoisotopic (exact) mass is 487 g/mol. The lowest BCUT2D eigenvalue weighted by Gasteiger charge is -2.33. The highest BCUT2D eigenvalue weighted by Crippen LogP contribution is 2.27. The molecule has 0 aliphatic carbocycles. The van der Waals surface area contributed by atoms with Crippen molar-refractivity contribution in [1.82, 2.24) is 14.8 Å². The number of benzene rings is 2. The number of hydrogen-bond acceptors (Lipinski definition) is 5. The molecule has 8 heteroatoms. The molecule has 0 saturated carbocycles. The fourth-order valence-corrected chi connectivity index (χ4v) is 4.74. The third-order valence-electron chi connectivity index (χ3n) is 5.28. The maximum absolute atomic E-state index is 12.8. The van der Waals surface area contributed by atoms with Crippen LogP contribution in [0.1, 0.15) is 16.1 Å². The molecule has 3 aromatic rings. The number of hydrogen-bond donors (Lipinski definition) is 0. The summed E-state index contributed by atoms with van der Waals surface area (Å²) in [6.45, 7) is 8.12. The molecule has 166 valence electrons. The van der Waals surface area contributed by atoms with Crippen molar-refractivity contribution in [2.75, 3.05) is 32.7 Å². The van der Waals surface area contributed by atoms with Gasteiger partial charge in [-0.25, -0.2) is 4.98 Å². The molecule has 0 bridgehead atoms. The van der Waals surface area contributed by atoms with E-state index < -0.39 is 0 Å². The number of carbonyl (C=O) groups excluding carboxylic acids is 1. The Balaban J connectivity index is 1.35. The third-order valence-corrected chi connectivity index (χ3v) is 6.76. The standard InChI is InChI=1S/C24H23Cl2N3O2S/c1-2-9-28-10-12-29(13-11-28)24(30)22-16-32-23(27-22)17-4-7-20(8-5-17)31-15-18-3-6-19(25)14-21(18)26/h2-8,14,16H,1,9-13,15H2. The van der Waals surface area contributed by atoms with Gasteiger partial charge in [-0.15, -0.1) is 17.9 Å². The van der Waals surface area contributed by atoms with E-state index in [1.165, 1.54) is 11.3 Å². The van der Waals surface area contributed by atoms with Crippen LogP contribution in [-0.4, -0.2) is 53.4 Å². The largest absolute Gasteiger partial charge is 0.489 e. The number of carbonyl (C=O) groups is 1. The van der Waals surface area contributed by atoms with Crippen molar-refractivity contribution >= 4 is 40.4 Å². The lowest BCUT2D eigenvalue weighted by Crippen LogP contribution is -2.48. The number of nitrogens with zero attached hydrogens (tertiary/aromatic N) is 3. The second-order valence-electron chi connectivity index (χ2n) is 7.47. The maximum atomic E-state index is 12.8. The Morgan fingerprint density at radius 1 is 1.12 bits per heavy atom. The third kappa shape index (κ3) is 5.51. The topological polar surface area (TPSA) is 45.7 Å². The smallest absolute Gasteiger partial charge is 0.273 e. The molecule has 0 N–H and O–H groups in total. The van der Waals surface area contributed by atoms with Gasteiger partial charge in [0.05, 0.1) is 0 Å². The first-order valence-electron chi connectivity index (χ1n) is 10.3. The summed E-state index contributed by atoms with van der Waals surface area (Å²) in [7, 11) is 0. The predicted molar refractivity (Wildman–Crippen MR) is 131 cm³/mol. The van der Waals surface area contributed by atoms with E-state index in [0.29, 0.717) is 35.4 Å². The zero-order chi connectivity index (χ0) is 22.5. The van der Waals surface area contributed by atoms with Gasteiger partial charge in [-0.1, -0.05) is 35.3 Å². The van der Waals surface area contributed by atoms with E-state index in [0.717, 1.165) is 41.5 Å². The van der Waals surface area contributed by atoms with Crippen LogP contribution < -0.4 is 4.74 Å². The van der Waals surface area contributed by atoms with Crippen molar-refractivity contribution in [2.45, 2.75) is 6.61 Å². The Morgan fingerprint density at radius 2 is 1.88 bits per heavy atom. The summed E-state index contributed by atoms with van der Waals surface area (Å²) in [6.07, 6.45) is 1.90. The van der Waals surface area contributed by atoms with Crippen LogP contribution in [0.25, 0.3) is 10.6 Å². The minimum absolute atomic E-state index is 0.00875. The van der Waals surface area contributed by atoms with Gasteiger partial charge in [0.2, 0.25) is 0 Å². The predicted octanol–water partition coefficient (Wildman–Crippen LogP) is 5.64. The second kappa shape index (κ2) is 10.5. The summed E-state index contributed by atoms with van der Waals surface area (Å²) in [5.74, 6) is 0.718. The highest BCUT2D eigenvalue weighted by atomic mass is 35.5. The fraction of sp³-hybridized carbons (Fsp3) is 0.250. The van der Waals surface area contributed by atoms with Crippen LogP contribution in [0, 0.1) is 0 Å². The fourth-order valence-electron chi connectivity index (χ4n) is 3.48. The molecule has 1 aromatic heterocycles. The van der Waals surface area contributed by atoms with Gasteiger partial charge in [0.25, 0.3) is 5.91 Å². The molecule has 1 saturated heterocycles. The number of thiazole rings is 1. The van der Waals surface area contributed by atoms with Crippen LogP contribution in [0.4, 0.5) is 0 Å². The van der Waals surface area contributed by atoms with E-state index in [-0.39, 0.29) is 5.91 Å². The van der Waals surface area contributed by atoms with E-state index in [9.17, 15) is 4.79 Å². The SMILES string of the molecule is C=CCN1CCN(C(=O)c2csc(-c3ccc(OCc4ccc(Cl)cc4Cl)cc3)n2)CC1. The first-order chi connectivity index (χ1) is 15.5. The summed E-state index contributed by atoms with van der Waals surface area (Å²) in [4.78, 5) is 21.6. The van der Waals surface area contributed by atoms with E-state index in [1.54, 1.807) is 12.1 Å². The minimum atomic E-state index is -0.00875. The van der Waals surface area contributed by atoms with Gasteiger partial charge < -0.3 is 9.64 Å². The van der Waals surface area contributed by atoms with Crippen molar-refractivity contribution in [1.29, 1.82) is 0 Å². The van der Waals surface area contributed by atoms with Crippen LogP contribution in [0.3, 0.4) is 0 Å². The molecule has 0 unspecified atom stereocenters. The molecule has 0 radical (unpaired) electrons.